The van der Waals surface area contributed by atoms with Crippen LogP contribution in [0.4, 0.5) is 11.5 Å². The van der Waals surface area contributed by atoms with Crippen LogP contribution < -0.4 is 4.90 Å². The fraction of sp³-hybridized carbons (Fsp3) is 0.533. The summed E-state index contributed by atoms with van der Waals surface area (Å²) in [5.41, 5.74) is -0.0140. The van der Waals surface area contributed by atoms with Crippen molar-refractivity contribution in [3.63, 3.8) is 0 Å². The maximum atomic E-state index is 10.8. The van der Waals surface area contributed by atoms with Crippen molar-refractivity contribution in [1.82, 2.24) is 15.1 Å². The summed E-state index contributed by atoms with van der Waals surface area (Å²) in [6.45, 7) is 1.61. The molecule has 2 aromatic heterocycles. The zero-order valence-electron chi connectivity index (χ0n) is 12.9. The summed E-state index contributed by atoms with van der Waals surface area (Å²) in [7, 11) is 0. The quantitative estimate of drug-likeness (QED) is 0.579. The topological polar surface area (TPSA) is 98.2 Å². The summed E-state index contributed by atoms with van der Waals surface area (Å²) >= 11 is 3.39. The maximum Gasteiger partial charge on any atom is 0.288 e. The zero-order valence-corrected chi connectivity index (χ0v) is 14.5. The Morgan fingerprint density at radius 2 is 2.00 bits per heavy atom. The number of nitro groups is 1. The van der Waals surface area contributed by atoms with Crippen LogP contribution in [0.25, 0.3) is 0 Å². The van der Waals surface area contributed by atoms with Crippen molar-refractivity contribution in [2.75, 3.05) is 18.0 Å². The number of pyridine rings is 1. The van der Waals surface area contributed by atoms with Gasteiger partial charge in [0.2, 0.25) is 5.89 Å². The second-order valence-corrected chi connectivity index (χ2v) is 7.14. The van der Waals surface area contributed by atoms with Crippen LogP contribution in [-0.2, 0) is 0 Å². The third-order valence-electron chi connectivity index (χ3n) is 4.56. The van der Waals surface area contributed by atoms with E-state index < -0.39 is 4.92 Å². The van der Waals surface area contributed by atoms with Crippen LogP contribution in [0.2, 0.25) is 0 Å². The maximum absolute atomic E-state index is 10.8. The van der Waals surface area contributed by atoms with Crippen molar-refractivity contribution in [2.24, 2.45) is 0 Å². The Hall–Kier alpha value is -2.03. The molecule has 0 spiro atoms. The van der Waals surface area contributed by atoms with Gasteiger partial charge in [0.1, 0.15) is 12.0 Å². The number of aromatic nitrogens is 3. The summed E-state index contributed by atoms with van der Waals surface area (Å²) in [6.07, 6.45) is 5.43. The van der Waals surface area contributed by atoms with E-state index in [4.69, 9.17) is 4.52 Å². The summed E-state index contributed by atoms with van der Waals surface area (Å²) in [4.78, 5) is 21.3. The van der Waals surface area contributed by atoms with Gasteiger partial charge < -0.3 is 9.42 Å². The van der Waals surface area contributed by atoms with E-state index in [9.17, 15) is 10.1 Å². The molecule has 2 aromatic rings. The summed E-state index contributed by atoms with van der Waals surface area (Å²) < 4.78 is 5.99. The molecule has 1 saturated carbocycles. The lowest BCUT2D eigenvalue weighted by atomic mass is 9.96. The van der Waals surface area contributed by atoms with Gasteiger partial charge in [0.25, 0.3) is 5.69 Å². The SMILES string of the molecule is O=[N+]([O-])c1cnc(N2CCC(c3noc(C4CC4)n3)CC2)c(Br)c1. The van der Waals surface area contributed by atoms with E-state index in [1.54, 1.807) is 0 Å². The first-order chi connectivity index (χ1) is 11.6. The van der Waals surface area contributed by atoms with Crippen molar-refractivity contribution in [3.05, 3.63) is 38.6 Å². The Balaban J connectivity index is 1.42. The fourth-order valence-corrected chi connectivity index (χ4v) is 3.60. The normalized spacial score (nSPS) is 18.8. The van der Waals surface area contributed by atoms with Gasteiger partial charge in [0.15, 0.2) is 5.82 Å². The highest BCUT2D eigenvalue weighted by Gasteiger charge is 2.32. The predicted octanol–water partition coefficient (Wildman–Crippen LogP) is 3.40. The minimum atomic E-state index is -0.443. The molecule has 4 rings (SSSR count). The average Bonchev–Trinajstić information content (AvgIpc) is 3.32. The molecule has 9 heteroatoms. The third kappa shape index (κ3) is 3.00. The zero-order chi connectivity index (χ0) is 16.7. The highest BCUT2D eigenvalue weighted by Crippen LogP contribution is 2.40. The van der Waals surface area contributed by atoms with Crippen LogP contribution in [0.5, 0.6) is 0 Å². The van der Waals surface area contributed by atoms with Crippen LogP contribution >= 0.6 is 15.9 Å². The molecule has 24 heavy (non-hydrogen) atoms. The standard InChI is InChI=1S/C15H16BrN5O3/c16-12-7-11(21(22)23)8-17-14(12)20-5-3-9(4-6-20)13-18-15(24-19-13)10-1-2-10/h7-10H,1-6H2. The smallest absolute Gasteiger partial charge is 0.288 e. The van der Waals surface area contributed by atoms with Crippen LogP contribution in [0.1, 0.15) is 49.2 Å². The molecule has 1 saturated heterocycles. The molecule has 1 aliphatic heterocycles. The lowest BCUT2D eigenvalue weighted by Gasteiger charge is -2.31. The number of hydrogen-bond donors (Lipinski definition) is 0. The van der Waals surface area contributed by atoms with Crippen molar-refractivity contribution >= 4 is 27.4 Å². The van der Waals surface area contributed by atoms with E-state index >= 15 is 0 Å². The van der Waals surface area contributed by atoms with Gasteiger partial charge in [-0.25, -0.2) is 4.98 Å². The van der Waals surface area contributed by atoms with E-state index in [1.807, 2.05) is 0 Å². The molecule has 2 aliphatic rings. The van der Waals surface area contributed by atoms with Crippen LogP contribution in [0, 0.1) is 10.1 Å². The van der Waals surface area contributed by atoms with Gasteiger partial charge in [-0.2, -0.15) is 4.98 Å². The van der Waals surface area contributed by atoms with Gasteiger partial charge in [0.05, 0.1) is 9.40 Å². The summed E-state index contributed by atoms with van der Waals surface area (Å²) in [5.74, 6) is 3.12. The second-order valence-electron chi connectivity index (χ2n) is 6.28. The van der Waals surface area contributed by atoms with Crippen molar-refractivity contribution in [3.8, 4) is 0 Å². The second kappa shape index (κ2) is 6.12. The summed E-state index contributed by atoms with van der Waals surface area (Å²) in [6, 6.07) is 1.50. The number of piperidine rings is 1. The Labute approximate surface area is 146 Å². The molecule has 0 radical (unpaired) electrons. The molecule has 0 aromatic carbocycles. The van der Waals surface area contributed by atoms with Gasteiger partial charge in [-0.05, 0) is 41.6 Å². The highest BCUT2D eigenvalue weighted by atomic mass is 79.9. The molecule has 3 heterocycles. The molecule has 1 aliphatic carbocycles. The number of anilines is 1. The van der Waals surface area contributed by atoms with Crippen LogP contribution in [0.15, 0.2) is 21.3 Å². The van der Waals surface area contributed by atoms with E-state index in [2.05, 4.69) is 36.0 Å². The first-order valence-corrected chi connectivity index (χ1v) is 8.79. The van der Waals surface area contributed by atoms with Gasteiger partial charge in [0, 0.05) is 31.0 Å². The van der Waals surface area contributed by atoms with Crippen molar-refractivity contribution < 1.29 is 9.45 Å². The Morgan fingerprint density at radius 3 is 2.62 bits per heavy atom. The van der Waals surface area contributed by atoms with Gasteiger partial charge in [-0.15, -0.1) is 0 Å². The molecule has 0 unspecified atom stereocenters. The first-order valence-electron chi connectivity index (χ1n) is 8.00. The molecule has 126 valence electrons. The van der Waals surface area contributed by atoms with Gasteiger partial charge >= 0.3 is 0 Å². The molecule has 0 N–H and O–H groups in total. The van der Waals surface area contributed by atoms with Gasteiger partial charge in [-0.3, -0.25) is 10.1 Å². The van der Waals surface area contributed by atoms with E-state index in [0.29, 0.717) is 16.3 Å². The number of rotatable bonds is 4. The lowest BCUT2D eigenvalue weighted by Crippen LogP contribution is -2.34. The van der Waals surface area contributed by atoms with Crippen molar-refractivity contribution in [2.45, 2.75) is 37.5 Å². The van der Waals surface area contributed by atoms with Crippen LogP contribution in [0.3, 0.4) is 0 Å². The number of hydrogen-bond acceptors (Lipinski definition) is 7. The van der Waals surface area contributed by atoms with Crippen molar-refractivity contribution in [1.29, 1.82) is 0 Å². The molecule has 0 bridgehead atoms. The van der Waals surface area contributed by atoms with Gasteiger partial charge in [-0.1, -0.05) is 5.16 Å². The average molecular weight is 394 g/mol. The monoisotopic (exact) mass is 393 g/mol. The highest BCUT2D eigenvalue weighted by molar-refractivity contribution is 9.10. The van der Waals surface area contributed by atoms with E-state index in [1.165, 1.54) is 12.3 Å². The largest absolute Gasteiger partial charge is 0.356 e. The Bertz CT molecular complexity index is 768. The Morgan fingerprint density at radius 1 is 1.25 bits per heavy atom. The molecule has 0 atom stereocenters. The summed E-state index contributed by atoms with van der Waals surface area (Å²) in [5, 5.41) is 14.9. The third-order valence-corrected chi connectivity index (χ3v) is 5.15. The number of nitrogens with zero attached hydrogens (tertiary/aromatic N) is 5. The number of halogens is 1. The lowest BCUT2D eigenvalue weighted by molar-refractivity contribution is -0.385. The molecule has 8 nitrogen and oxygen atoms in total. The van der Waals surface area contributed by atoms with E-state index in [0.717, 1.165) is 56.3 Å². The first kappa shape index (κ1) is 15.5. The minimum Gasteiger partial charge on any atom is -0.356 e. The van der Waals surface area contributed by atoms with E-state index in [-0.39, 0.29) is 5.69 Å². The Kier molecular flexibility index (Phi) is 3.95. The molecular weight excluding hydrogens is 378 g/mol. The molecular formula is C15H16BrN5O3. The molecule has 0 amide bonds. The van der Waals surface area contributed by atoms with Crippen LogP contribution in [-0.4, -0.2) is 33.1 Å². The minimum absolute atomic E-state index is 0.0140. The fourth-order valence-electron chi connectivity index (χ4n) is 3.01. The molecule has 2 fully saturated rings. The predicted molar refractivity (Wildman–Crippen MR) is 89.1 cm³/mol.